The minimum atomic E-state index is -0.277. The van der Waals surface area contributed by atoms with Crippen LogP contribution in [-0.4, -0.2) is 43.0 Å². The summed E-state index contributed by atoms with van der Waals surface area (Å²) in [5, 5.41) is 12.3. The lowest BCUT2D eigenvalue weighted by Crippen LogP contribution is -2.60. The summed E-state index contributed by atoms with van der Waals surface area (Å²) in [5.41, 5.74) is 7.59. The third-order valence-corrected chi connectivity index (χ3v) is 9.10. The molecule has 2 aliphatic carbocycles. The summed E-state index contributed by atoms with van der Waals surface area (Å²) < 4.78 is 0. The first-order chi connectivity index (χ1) is 16.2. The molecule has 1 aromatic rings. The molecule has 0 aromatic heterocycles. The Morgan fingerprint density at radius 3 is 2.65 bits per heavy atom. The first-order valence-electron chi connectivity index (χ1n) is 13.4. The van der Waals surface area contributed by atoms with Gasteiger partial charge in [0.2, 0.25) is 5.91 Å². The number of amides is 1. The molecule has 2 bridgehead atoms. The third kappa shape index (κ3) is 5.04. The number of rotatable bonds is 7. The molecule has 3 fully saturated rings. The molecule has 2 saturated carbocycles. The van der Waals surface area contributed by atoms with Gasteiger partial charge in [-0.25, -0.2) is 0 Å². The topological polar surface area (TPSA) is 82.2 Å². The Kier molecular flexibility index (Phi) is 7.41. The monoisotopic (exact) mass is 464 g/mol. The van der Waals surface area contributed by atoms with Gasteiger partial charge in [0.05, 0.1) is 11.5 Å². The van der Waals surface area contributed by atoms with Gasteiger partial charge in [0, 0.05) is 32.1 Å². The molecule has 1 saturated heterocycles. The van der Waals surface area contributed by atoms with E-state index in [1.807, 2.05) is 0 Å². The van der Waals surface area contributed by atoms with Crippen LogP contribution < -0.4 is 11.1 Å². The molecular formula is C29H44N4O. The molecule has 1 amide bonds. The largest absolute Gasteiger partial charge is 0.342 e. The average molecular weight is 465 g/mol. The summed E-state index contributed by atoms with van der Waals surface area (Å²) in [5.74, 6) is 1.44. The number of nitrogens with one attached hydrogen (secondary N) is 1. The predicted octanol–water partition coefficient (Wildman–Crippen LogP) is 4.62. The van der Waals surface area contributed by atoms with E-state index >= 15 is 0 Å². The fourth-order valence-corrected chi connectivity index (χ4v) is 7.73. The van der Waals surface area contributed by atoms with Crippen LogP contribution in [0.4, 0.5) is 0 Å². The first kappa shape index (κ1) is 25.2. The number of piperidine rings is 1. The quantitative estimate of drug-likeness (QED) is 0.577. The van der Waals surface area contributed by atoms with Crippen molar-refractivity contribution in [3.05, 3.63) is 35.9 Å². The fraction of sp³-hybridized carbons (Fsp3) is 0.724. The van der Waals surface area contributed by atoms with Gasteiger partial charge >= 0.3 is 0 Å². The summed E-state index contributed by atoms with van der Waals surface area (Å²) in [6.45, 7) is 10.0. The van der Waals surface area contributed by atoms with Crippen LogP contribution in [0.5, 0.6) is 0 Å². The lowest BCUT2D eigenvalue weighted by atomic mass is 9.47. The third-order valence-electron chi connectivity index (χ3n) is 9.10. The number of nitrogens with zero attached hydrogens (tertiary/aromatic N) is 2. The normalized spacial score (nSPS) is 34.9. The fourth-order valence-electron chi connectivity index (χ4n) is 7.73. The van der Waals surface area contributed by atoms with Crippen molar-refractivity contribution < 1.29 is 4.79 Å². The zero-order chi connectivity index (χ0) is 24.4. The van der Waals surface area contributed by atoms with Gasteiger partial charge in [0.1, 0.15) is 0 Å². The van der Waals surface area contributed by atoms with E-state index in [1.165, 1.54) is 12.0 Å². The minimum Gasteiger partial charge on any atom is -0.342 e. The summed E-state index contributed by atoms with van der Waals surface area (Å²) in [6, 6.07) is 13.4. The number of nitriles is 1. The number of benzene rings is 1. The predicted molar refractivity (Wildman–Crippen MR) is 137 cm³/mol. The van der Waals surface area contributed by atoms with Crippen LogP contribution in [0.25, 0.3) is 0 Å². The zero-order valence-electron chi connectivity index (χ0n) is 21.5. The highest BCUT2D eigenvalue weighted by molar-refractivity contribution is 5.83. The van der Waals surface area contributed by atoms with Gasteiger partial charge in [0.15, 0.2) is 0 Å². The molecule has 1 aromatic carbocycles. The van der Waals surface area contributed by atoms with Crippen LogP contribution in [0.3, 0.4) is 0 Å². The van der Waals surface area contributed by atoms with Crippen molar-refractivity contribution >= 4 is 5.91 Å². The van der Waals surface area contributed by atoms with Gasteiger partial charge in [-0.05, 0) is 79.7 Å². The summed E-state index contributed by atoms with van der Waals surface area (Å²) >= 11 is 0. The van der Waals surface area contributed by atoms with E-state index < -0.39 is 0 Å². The van der Waals surface area contributed by atoms with E-state index in [4.69, 9.17) is 11.0 Å². The summed E-state index contributed by atoms with van der Waals surface area (Å²) in [6.07, 6.45) is 7.81. The van der Waals surface area contributed by atoms with Crippen LogP contribution >= 0.6 is 0 Å². The van der Waals surface area contributed by atoms with Crippen molar-refractivity contribution in [3.8, 4) is 6.07 Å². The molecule has 5 nitrogen and oxygen atoms in total. The van der Waals surface area contributed by atoms with E-state index in [0.29, 0.717) is 24.2 Å². The van der Waals surface area contributed by atoms with Gasteiger partial charge in [-0.1, -0.05) is 51.1 Å². The molecule has 3 aliphatic rings. The van der Waals surface area contributed by atoms with Crippen LogP contribution in [-0.2, 0) is 10.2 Å². The van der Waals surface area contributed by atoms with E-state index in [0.717, 1.165) is 64.7 Å². The number of fused-ring (bicyclic) bond motifs is 2. The van der Waals surface area contributed by atoms with Gasteiger partial charge in [0.25, 0.3) is 0 Å². The van der Waals surface area contributed by atoms with Crippen LogP contribution in [0.2, 0.25) is 0 Å². The Labute approximate surface area is 206 Å². The lowest BCUT2D eigenvalue weighted by Gasteiger charge is -2.58. The van der Waals surface area contributed by atoms with Crippen molar-refractivity contribution in [2.45, 2.75) is 83.6 Å². The maximum atomic E-state index is 14.4. The molecule has 186 valence electrons. The van der Waals surface area contributed by atoms with Crippen molar-refractivity contribution in [2.24, 2.45) is 28.4 Å². The van der Waals surface area contributed by atoms with Gasteiger partial charge < -0.3 is 16.0 Å². The Hall–Kier alpha value is -1.90. The lowest BCUT2D eigenvalue weighted by molar-refractivity contribution is -0.156. The van der Waals surface area contributed by atoms with Crippen LogP contribution in [0, 0.1) is 34.0 Å². The van der Waals surface area contributed by atoms with Gasteiger partial charge in [-0.3, -0.25) is 4.79 Å². The van der Waals surface area contributed by atoms with Crippen molar-refractivity contribution in [1.82, 2.24) is 10.2 Å². The van der Waals surface area contributed by atoms with Crippen LogP contribution in [0.1, 0.15) is 77.7 Å². The molecule has 0 radical (unpaired) electrons. The first-order valence-corrected chi connectivity index (χ1v) is 13.4. The number of likely N-dealkylation sites (tertiary alicyclic amines) is 1. The number of carbonyl (C=O) groups excluding carboxylic acids is 1. The highest BCUT2D eigenvalue weighted by Gasteiger charge is 2.58. The smallest absolute Gasteiger partial charge is 0.228 e. The summed E-state index contributed by atoms with van der Waals surface area (Å²) in [7, 11) is 0. The molecular weight excluding hydrogens is 420 g/mol. The summed E-state index contributed by atoms with van der Waals surface area (Å²) in [4.78, 5) is 16.6. The maximum Gasteiger partial charge on any atom is 0.228 e. The Morgan fingerprint density at radius 2 is 1.94 bits per heavy atom. The highest BCUT2D eigenvalue weighted by atomic mass is 16.2. The average Bonchev–Trinajstić information content (AvgIpc) is 2.80. The minimum absolute atomic E-state index is 0.0416. The van der Waals surface area contributed by atoms with E-state index in [-0.39, 0.29) is 22.3 Å². The van der Waals surface area contributed by atoms with Crippen molar-refractivity contribution in [1.29, 1.82) is 5.26 Å². The molecule has 0 spiro atoms. The second-order valence-corrected chi connectivity index (χ2v) is 12.4. The van der Waals surface area contributed by atoms with Gasteiger partial charge in [-0.15, -0.1) is 0 Å². The SMILES string of the molecule is CC1CC2(C(=O)N3CC[C@H](N)C(C)(C)C3)CC(CCNCCC#N)CC(c3ccccc3)(C1)C2. The molecule has 1 aliphatic heterocycles. The Balaban J connectivity index is 1.62. The van der Waals surface area contributed by atoms with Crippen molar-refractivity contribution in [3.63, 3.8) is 0 Å². The van der Waals surface area contributed by atoms with Crippen molar-refractivity contribution in [2.75, 3.05) is 26.2 Å². The molecule has 4 rings (SSSR count). The molecule has 5 heteroatoms. The standard InChI is InChI=1S/C29H44N4O/c1-22-16-28(24-8-5-4-6-9-24)18-23(10-14-32-13-7-12-30)19-29(17-22,20-28)26(34)33-15-11-25(31)27(2,3)21-33/h4-6,8-9,22-23,25,32H,7,10-11,13-21,31H2,1-3H3/t22?,23?,25-,28?,29?/m0/s1. The number of hydrogen-bond acceptors (Lipinski definition) is 4. The Morgan fingerprint density at radius 1 is 1.18 bits per heavy atom. The van der Waals surface area contributed by atoms with E-state index in [9.17, 15) is 4.79 Å². The molecule has 4 unspecified atom stereocenters. The number of hydrogen-bond donors (Lipinski definition) is 2. The molecule has 5 atom stereocenters. The maximum absolute atomic E-state index is 14.4. The highest BCUT2D eigenvalue weighted by Crippen LogP contribution is 2.61. The van der Waals surface area contributed by atoms with E-state index in [1.54, 1.807) is 0 Å². The van der Waals surface area contributed by atoms with Crippen LogP contribution in [0.15, 0.2) is 30.3 Å². The molecule has 3 N–H and O–H groups in total. The zero-order valence-corrected chi connectivity index (χ0v) is 21.5. The second kappa shape index (κ2) is 9.99. The number of carbonyl (C=O) groups is 1. The molecule has 34 heavy (non-hydrogen) atoms. The number of nitrogens with two attached hydrogens (primary N) is 1. The molecule has 1 heterocycles. The van der Waals surface area contributed by atoms with Gasteiger partial charge in [-0.2, -0.15) is 5.26 Å². The second-order valence-electron chi connectivity index (χ2n) is 12.4. The Bertz CT molecular complexity index is 893. The van der Waals surface area contributed by atoms with E-state index in [2.05, 4.69) is 67.4 Å².